The van der Waals surface area contributed by atoms with Crippen molar-refractivity contribution >= 4 is 5.97 Å². The summed E-state index contributed by atoms with van der Waals surface area (Å²) < 4.78 is 33.1. The summed E-state index contributed by atoms with van der Waals surface area (Å²) in [6.45, 7) is 1.98. The number of carbonyl (C=O) groups excluding carboxylic acids is 1. The first-order valence-corrected chi connectivity index (χ1v) is 10.0. The summed E-state index contributed by atoms with van der Waals surface area (Å²) in [7, 11) is 4.63. The Bertz CT molecular complexity index is 1030. The lowest BCUT2D eigenvalue weighted by Gasteiger charge is -2.43. The van der Waals surface area contributed by atoms with E-state index in [-0.39, 0.29) is 19.4 Å². The Kier molecular flexibility index (Phi) is 4.44. The highest BCUT2D eigenvalue weighted by molar-refractivity contribution is 5.79. The van der Waals surface area contributed by atoms with Gasteiger partial charge in [0.1, 0.15) is 0 Å². The second-order valence-electron chi connectivity index (χ2n) is 8.14. The molecule has 0 unspecified atom stereocenters. The van der Waals surface area contributed by atoms with Crippen LogP contribution in [-0.4, -0.2) is 45.8 Å². The summed E-state index contributed by atoms with van der Waals surface area (Å²) in [5.74, 6) is 0.850. The Balaban J connectivity index is 1.77. The first kappa shape index (κ1) is 19.8. The maximum Gasteiger partial charge on any atom is 0.310 e. The monoisotopic (exact) mass is 428 g/mol. The SMILES string of the molecule is COc1cc([C@@H]2c3cc4c(cc3[C@@](C)(O)[C@H]3COC(=O)[C@H]23)OCO4)cc(OC)c1OC. The summed E-state index contributed by atoms with van der Waals surface area (Å²) in [6.07, 6.45) is 0. The molecule has 164 valence electrons. The predicted octanol–water partition coefficient (Wildman–Crippen LogP) is 2.58. The molecule has 0 bridgehead atoms. The van der Waals surface area contributed by atoms with Gasteiger partial charge in [0.25, 0.3) is 0 Å². The molecule has 2 aliphatic heterocycles. The van der Waals surface area contributed by atoms with Gasteiger partial charge in [-0.1, -0.05) is 0 Å². The van der Waals surface area contributed by atoms with Crippen LogP contribution < -0.4 is 23.7 Å². The third-order valence-corrected chi connectivity index (χ3v) is 6.66. The van der Waals surface area contributed by atoms with E-state index in [1.165, 1.54) is 7.11 Å². The molecule has 0 aromatic heterocycles. The molecular formula is C23H24O8. The van der Waals surface area contributed by atoms with Gasteiger partial charge in [0.15, 0.2) is 23.0 Å². The van der Waals surface area contributed by atoms with Crippen molar-refractivity contribution in [3.63, 3.8) is 0 Å². The van der Waals surface area contributed by atoms with Gasteiger partial charge in [-0.2, -0.15) is 0 Å². The molecule has 5 rings (SSSR count). The maximum atomic E-state index is 12.9. The highest BCUT2D eigenvalue weighted by atomic mass is 16.7. The molecule has 2 aromatic rings. The van der Waals surface area contributed by atoms with E-state index in [9.17, 15) is 9.90 Å². The number of carbonyl (C=O) groups is 1. The van der Waals surface area contributed by atoms with E-state index in [0.29, 0.717) is 34.3 Å². The molecule has 1 aliphatic carbocycles. The van der Waals surface area contributed by atoms with Crippen molar-refractivity contribution in [2.75, 3.05) is 34.7 Å². The molecule has 0 radical (unpaired) electrons. The normalized spacial score (nSPS) is 27.9. The van der Waals surface area contributed by atoms with Crippen molar-refractivity contribution in [1.82, 2.24) is 0 Å². The van der Waals surface area contributed by atoms with Crippen molar-refractivity contribution in [2.45, 2.75) is 18.4 Å². The van der Waals surface area contributed by atoms with E-state index in [2.05, 4.69) is 0 Å². The van der Waals surface area contributed by atoms with Crippen LogP contribution in [0, 0.1) is 11.8 Å². The van der Waals surface area contributed by atoms with Crippen molar-refractivity contribution < 1.29 is 38.3 Å². The van der Waals surface area contributed by atoms with Crippen molar-refractivity contribution in [3.05, 3.63) is 41.0 Å². The minimum Gasteiger partial charge on any atom is -0.493 e. The lowest BCUT2D eigenvalue weighted by Crippen LogP contribution is -2.45. The molecule has 3 aliphatic rings. The molecule has 1 N–H and O–H groups in total. The van der Waals surface area contributed by atoms with Crippen LogP contribution in [0.4, 0.5) is 0 Å². The molecular weight excluding hydrogens is 404 g/mol. The zero-order chi connectivity index (χ0) is 21.9. The zero-order valence-electron chi connectivity index (χ0n) is 17.8. The van der Waals surface area contributed by atoms with Gasteiger partial charge in [0, 0.05) is 11.8 Å². The smallest absolute Gasteiger partial charge is 0.310 e. The number of hydrogen-bond donors (Lipinski definition) is 1. The Morgan fingerprint density at radius 3 is 2.23 bits per heavy atom. The number of ether oxygens (including phenoxy) is 6. The molecule has 1 saturated heterocycles. The summed E-state index contributed by atoms with van der Waals surface area (Å²) in [4.78, 5) is 12.9. The molecule has 8 heteroatoms. The molecule has 2 heterocycles. The van der Waals surface area contributed by atoms with Crippen LogP contribution in [-0.2, 0) is 15.1 Å². The fourth-order valence-electron chi connectivity index (χ4n) is 5.13. The topological polar surface area (TPSA) is 92.7 Å². The number of fused-ring (bicyclic) bond motifs is 3. The summed E-state index contributed by atoms with van der Waals surface area (Å²) >= 11 is 0. The number of aliphatic hydroxyl groups is 1. The number of esters is 1. The molecule has 31 heavy (non-hydrogen) atoms. The third-order valence-electron chi connectivity index (χ3n) is 6.66. The average Bonchev–Trinajstić information content (AvgIpc) is 3.39. The Morgan fingerprint density at radius 1 is 0.968 bits per heavy atom. The van der Waals surface area contributed by atoms with Gasteiger partial charge in [0.05, 0.1) is 39.5 Å². The van der Waals surface area contributed by atoms with Gasteiger partial charge < -0.3 is 33.5 Å². The summed E-state index contributed by atoms with van der Waals surface area (Å²) in [5, 5.41) is 11.5. The highest BCUT2D eigenvalue weighted by Gasteiger charge is 2.57. The minimum absolute atomic E-state index is 0.115. The van der Waals surface area contributed by atoms with Crippen molar-refractivity contribution in [1.29, 1.82) is 0 Å². The van der Waals surface area contributed by atoms with Crippen LogP contribution in [0.5, 0.6) is 28.7 Å². The Hall–Kier alpha value is -3.13. The van der Waals surface area contributed by atoms with E-state index < -0.39 is 23.4 Å². The Labute approximate surface area is 179 Å². The summed E-state index contributed by atoms with van der Waals surface area (Å²) in [5.41, 5.74) is 0.988. The van der Waals surface area contributed by atoms with Crippen LogP contribution in [0.3, 0.4) is 0 Å². The molecule has 4 atom stereocenters. The number of cyclic esters (lactones) is 1. The fourth-order valence-corrected chi connectivity index (χ4v) is 5.13. The standard InChI is InChI=1S/C23H24O8/c1-23(25)13-8-16-15(30-10-31-16)7-12(13)19(20-14(23)9-29-22(20)24)11-5-17(26-2)21(28-4)18(6-11)27-3/h5-8,14,19-20,25H,9-10H2,1-4H3/t14-,19+,20-,23+/m0/s1. The maximum absolute atomic E-state index is 12.9. The van der Waals surface area contributed by atoms with Crippen LogP contribution in [0.15, 0.2) is 24.3 Å². The first-order valence-electron chi connectivity index (χ1n) is 10.0. The van der Waals surface area contributed by atoms with Crippen LogP contribution in [0.2, 0.25) is 0 Å². The molecule has 8 nitrogen and oxygen atoms in total. The number of benzene rings is 2. The Morgan fingerprint density at radius 2 is 1.61 bits per heavy atom. The van der Waals surface area contributed by atoms with Gasteiger partial charge >= 0.3 is 5.97 Å². The van der Waals surface area contributed by atoms with Gasteiger partial charge in [0.2, 0.25) is 12.5 Å². The lowest BCUT2D eigenvalue weighted by atomic mass is 9.61. The number of methoxy groups -OCH3 is 3. The van der Waals surface area contributed by atoms with Gasteiger partial charge in [-0.25, -0.2) is 0 Å². The van der Waals surface area contributed by atoms with Crippen LogP contribution in [0.1, 0.15) is 29.5 Å². The molecule has 0 spiro atoms. The van der Waals surface area contributed by atoms with E-state index in [1.807, 2.05) is 24.3 Å². The molecule has 0 amide bonds. The molecule has 2 aromatic carbocycles. The largest absolute Gasteiger partial charge is 0.493 e. The first-order chi connectivity index (χ1) is 14.9. The second kappa shape index (κ2) is 6.95. The fraction of sp³-hybridized carbons (Fsp3) is 0.435. The predicted molar refractivity (Wildman–Crippen MR) is 108 cm³/mol. The molecule has 0 saturated carbocycles. The van der Waals surface area contributed by atoms with Crippen LogP contribution in [0.25, 0.3) is 0 Å². The van der Waals surface area contributed by atoms with Crippen molar-refractivity contribution in [3.8, 4) is 28.7 Å². The number of hydrogen-bond acceptors (Lipinski definition) is 8. The second-order valence-corrected chi connectivity index (χ2v) is 8.14. The van der Waals surface area contributed by atoms with Crippen molar-refractivity contribution in [2.24, 2.45) is 11.8 Å². The van der Waals surface area contributed by atoms with E-state index in [1.54, 1.807) is 21.1 Å². The van der Waals surface area contributed by atoms with E-state index in [0.717, 1.165) is 11.1 Å². The minimum atomic E-state index is -1.27. The zero-order valence-corrected chi connectivity index (χ0v) is 17.8. The van der Waals surface area contributed by atoms with Crippen LogP contribution >= 0.6 is 0 Å². The summed E-state index contributed by atoms with van der Waals surface area (Å²) in [6, 6.07) is 7.33. The van der Waals surface area contributed by atoms with Gasteiger partial charge in [-0.15, -0.1) is 0 Å². The molecule has 1 fully saturated rings. The highest BCUT2D eigenvalue weighted by Crippen LogP contribution is 2.57. The van der Waals surface area contributed by atoms with Gasteiger partial charge in [-0.05, 0) is 47.9 Å². The lowest BCUT2D eigenvalue weighted by molar-refractivity contribution is -0.142. The van der Waals surface area contributed by atoms with E-state index >= 15 is 0 Å². The van der Waals surface area contributed by atoms with Gasteiger partial charge in [-0.3, -0.25) is 4.79 Å². The number of rotatable bonds is 4. The quantitative estimate of drug-likeness (QED) is 0.743. The average molecular weight is 428 g/mol. The van der Waals surface area contributed by atoms with E-state index in [4.69, 9.17) is 28.4 Å². The third kappa shape index (κ3) is 2.74.